The van der Waals surface area contributed by atoms with E-state index >= 15 is 0 Å². The van der Waals surface area contributed by atoms with Crippen LogP contribution in [0.15, 0.2) is 47.4 Å². The summed E-state index contributed by atoms with van der Waals surface area (Å²) in [5, 5.41) is 26.0. The number of nitrogens with one attached hydrogen (secondary N) is 2. The monoisotopic (exact) mass is 520 g/mol. The minimum absolute atomic E-state index is 0.0754. The van der Waals surface area contributed by atoms with Gasteiger partial charge in [-0.05, 0) is 37.5 Å². The van der Waals surface area contributed by atoms with Gasteiger partial charge in [-0.2, -0.15) is 10.6 Å². The van der Waals surface area contributed by atoms with Gasteiger partial charge in [-0.15, -0.1) is 0 Å². The number of carboxylic acids is 1. The first-order valence-electron chi connectivity index (χ1n) is 12.5. The molecular weight excluding hydrogens is 480 g/mol. The standard InChI is InChI=1S/C27H40N2O6S/c1-5-7-13-27(6-2)17-36(33,34)23-14-20(16-28-24(18(3)30)26(31)32)22(35-4)15-21(23)25(29-27)19-11-9-8-10-12-19/h8-12,14-15,18,24-25,28-30,33-34H,5-7,13,16-17H2,1-4H3,(H,31,32)/t18-,24+,25-,27-/m1/s1. The Morgan fingerprint density at radius 2 is 1.94 bits per heavy atom. The van der Waals surface area contributed by atoms with E-state index < -0.39 is 34.2 Å². The molecule has 2 aromatic rings. The van der Waals surface area contributed by atoms with Gasteiger partial charge in [-0.3, -0.25) is 24.5 Å². The molecule has 6 N–H and O–H groups in total. The van der Waals surface area contributed by atoms with Gasteiger partial charge in [-0.25, -0.2) is 0 Å². The fourth-order valence-corrected chi connectivity index (χ4v) is 7.22. The van der Waals surface area contributed by atoms with Gasteiger partial charge in [0.15, 0.2) is 0 Å². The number of ether oxygens (including phenoxy) is 1. The quantitative estimate of drug-likeness (QED) is 0.250. The van der Waals surface area contributed by atoms with Gasteiger partial charge in [0.2, 0.25) is 0 Å². The first-order chi connectivity index (χ1) is 17.1. The predicted octanol–water partition coefficient (Wildman–Crippen LogP) is 4.76. The van der Waals surface area contributed by atoms with Crippen LogP contribution in [0, 0.1) is 0 Å². The molecule has 1 heterocycles. The second kappa shape index (κ2) is 11.9. The van der Waals surface area contributed by atoms with Crippen molar-refractivity contribution in [2.75, 3.05) is 12.9 Å². The molecule has 36 heavy (non-hydrogen) atoms. The molecule has 3 rings (SSSR count). The summed E-state index contributed by atoms with van der Waals surface area (Å²) in [5.41, 5.74) is 1.87. The molecule has 0 saturated heterocycles. The smallest absolute Gasteiger partial charge is 0.323 e. The molecule has 2 aromatic carbocycles. The molecule has 0 saturated carbocycles. The Balaban J connectivity index is 2.15. The van der Waals surface area contributed by atoms with Crippen molar-refractivity contribution >= 4 is 16.6 Å². The number of methoxy groups -OCH3 is 1. The summed E-state index contributed by atoms with van der Waals surface area (Å²) in [6.45, 7) is 5.69. The lowest BCUT2D eigenvalue weighted by molar-refractivity contribution is -0.142. The molecule has 200 valence electrons. The third-order valence-corrected chi connectivity index (χ3v) is 9.10. The lowest BCUT2D eigenvalue weighted by Gasteiger charge is -2.42. The molecule has 1 aliphatic rings. The maximum Gasteiger partial charge on any atom is 0.323 e. The van der Waals surface area contributed by atoms with Gasteiger partial charge < -0.3 is 14.9 Å². The fraction of sp³-hybridized carbons (Fsp3) is 0.519. The van der Waals surface area contributed by atoms with Gasteiger partial charge in [0.1, 0.15) is 11.8 Å². The number of benzene rings is 2. The maximum atomic E-state index is 11.6. The number of carbonyl (C=O) groups is 1. The summed E-state index contributed by atoms with van der Waals surface area (Å²) in [5.74, 6) is -0.469. The first-order valence-corrected chi connectivity index (χ1v) is 14.2. The summed E-state index contributed by atoms with van der Waals surface area (Å²) in [4.78, 5) is 12.0. The first kappa shape index (κ1) is 28.4. The minimum atomic E-state index is -3.20. The zero-order valence-corrected chi connectivity index (χ0v) is 22.3. The van der Waals surface area contributed by atoms with Crippen LogP contribution in [0.2, 0.25) is 0 Å². The second-order valence-electron chi connectivity index (χ2n) is 9.68. The van der Waals surface area contributed by atoms with E-state index in [4.69, 9.17) is 4.74 Å². The normalized spacial score (nSPS) is 23.7. The Hall–Kier alpha value is -2.14. The van der Waals surface area contributed by atoms with Crippen LogP contribution >= 0.6 is 10.6 Å². The molecule has 0 unspecified atom stereocenters. The topological polar surface area (TPSA) is 131 Å². The lowest BCUT2D eigenvalue weighted by Crippen LogP contribution is -2.49. The average Bonchev–Trinajstić information content (AvgIpc) is 2.94. The Kier molecular flexibility index (Phi) is 9.43. The highest BCUT2D eigenvalue weighted by molar-refractivity contribution is 8.24. The number of fused-ring (bicyclic) bond motifs is 1. The molecule has 0 fully saturated rings. The molecule has 0 aromatic heterocycles. The molecule has 1 aliphatic heterocycles. The second-order valence-corrected chi connectivity index (χ2v) is 11.7. The molecular formula is C27H40N2O6S. The van der Waals surface area contributed by atoms with Gasteiger partial charge in [0.25, 0.3) is 0 Å². The lowest BCUT2D eigenvalue weighted by atomic mass is 9.88. The van der Waals surface area contributed by atoms with Gasteiger partial charge in [0, 0.05) is 23.2 Å². The highest BCUT2D eigenvalue weighted by Gasteiger charge is 2.42. The van der Waals surface area contributed by atoms with Crippen molar-refractivity contribution in [1.82, 2.24) is 10.6 Å². The molecule has 0 spiro atoms. The average molecular weight is 521 g/mol. The van der Waals surface area contributed by atoms with Crippen LogP contribution in [0.4, 0.5) is 0 Å². The molecule has 8 nitrogen and oxygen atoms in total. The van der Waals surface area contributed by atoms with Crippen LogP contribution in [0.25, 0.3) is 0 Å². The van der Waals surface area contributed by atoms with Crippen molar-refractivity contribution in [3.05, 3.63) is 59.2 Å². The molecule has 9 heteroatoms. The number of aliphatic hydroxyl groups excluding tert-OH is 1. The van der Waals surface area contributed by atoms with E-state index in [1.807, 2.05) is 36.4 Å². The number of hydrogen-bond acceptors (Lipinski definition) is 7. The van der Waals surface area contributed by atoms with E-state index in [0.717, 1.165) is 36.8 Å². The number of hydrogen-bond donors (Lipinski definition) is 6. The molecule has 0 bridgehead atoms. The third-order valence-electron chi connectivity index (χ3n) is 7.08. The fourth-order valence-electron chi connectivity index (χ4n) is 4.98. The minimum Gasteiger partial charge on any atom is -0.496 e. The van der Waals surface area contributed by atoms with Crippen molar-refractivity contribution in [3.63, 3.8) is 0 Å². The van der Waals surface area contributed by atoms with Crippen molar-refractivity contribution in [1.29, 1.82) is 0 Å². The van der Waals surface area contributed by atoms with Gasteiger partial charge in [0.05, 0.1) is 29.9 Å². The zero-order chi connectivity index (χ0) is 26.5. The van der Waals surface area contributed by atoms with E-state index in [-0.39, 0.29) is 18.3 Å². The van der Waals surface area contributed by atoms with Crippen LogP contribution in [-0.4, -0.2) is 55.8 Å². The summed E-state index contributed by atoms with van der Waals surface area (Å²) in [6, 6.07) is 12.0. The van der Waals surface area contributed by atoms with Crippen LogP contribution in [0.1, 0.15) is 69.2 Å². The number of carboxylic acid groups (broad SMARTS) is 1. The van der Waals surface area contributed by atoms with Crippen molar-refractivity contribution < 1.29 is 28.8 Å². The SMILES string of the molecule is CCCC[C@]1(CC)CS(O)(O)c2cc(CN[C@H](C(=O)O)[C@@H](C)O)c(OC)cc2[C@@H](c2ccccc2)N1. The van der Waals surface area contributed by atoms with Crippen molar-refractivity contribution in [3.8, 4) is 5.75 Å². The molecule has 4 atom stereocenters. The Morgan fingerprint density at radius 3 is 2.50 bits per heavy atom. The van der Waals surface area contributed by atoms with Gasteiger partial charge in [-0.1, -0.05) is 57.0 Å². The highest BCUT2D eigenvalue weighted by Crippen LogP contribution is 2.58. The van der Waals surface area contributed by atoms with Crippen LogP contribution in [0.5, 0.6) is 5.75 Å². The Bertz CT molecular complexity index is 1030. The maximum absolute atomic E-state index is 11.6. The van der Waals surface area contributed by atoms with E-state index in [9.17, 15) is 24.1 Å². The van der Waals surface area contributed by atoms with E-state index in [1.54, 1.807) is 6.07 Å². The number of rotatable bonds is 11. The zero-order valence-electron chi connectivity index (χ0n) is 21.5. The van der Waals surface area contributed by atoms with Gasteiger partial charge >= 0.3 is 5.97 Å². The summed E-state index contributed by atoms with van der Waals surface area (Å²) < 4.78 is 28.8. The molecule has 0 radical (unpaired) electrons. The third kappa shape index (κ3) is 6.22. The van der Waals surface area contributed by atoms with E-state index in [1.165, 1.54) is 14.0 Å². The van der Waals surface area contributed by atoms with E-state index in [0.29, 0.717) is 16.2 Å². The summed E-state index contributed by atoms with van der Waals surface area (Å²) >= 11 is 0. The Labute approximate surface area is 215 Å². The molecule has 0 amide bonds. The summed E-state index contributed by atoms with van der Waals surface area (Å²) in [6.07, 6.45) is 2.41. The largest absolute Gasteiger partial charge is 0.496 e. The molecule has 0 aliphatic carbocycles. The number of unbranched alkanes of at least 4 members (excludes halogenated alkanes) is 1. The van der Waals surface area contributed by atoms with Crippen molar-refractivity contribution in [2.45, 2.75) is 81.6 Å². The number of aliphatic carboxylic acids is 1. The van der Waals surface area contributed by atoms with Crippen LogP contribution < -0.4 is 15.4 Å². The van der Waals surface area contributed by atoms with Crippen LogP contribution in [0.3, 0.4) is 0 Å². The van der Waals surface area contributed by atoms with Crippen LogP contribution in [-0.2, 0) is 11.3 Å². The van der Waals surface area contributed by atoms with E-state index in [2.05, 4.69) is 24.5 Å². The number of aliphatic hydroxyl groups is 1. The summed E-state index contributed by atoms with van der Waals surface area (Å²) in [7, 11) is -1.67. The predicted molar refractivity (Wildman–Crippen MR) is 143 cm³/mol. The Morgan fingerprint density at radius 1 is 1.25 bits per heavy atom. The van der Waals surface area contributed by atoms with Crippen molar-refractivity contribution in [2.24, 2.45) is 0 Å². The highest BCUT2D eigenvalue weighted by atomic mass is 32.3.